The minimum absolute atomic E-state index is 0.0441. The second-order valence-electron chi connectivity index (χ2n) is 12.4. The number of esters is 2. The molecule has 0 amide bonds. The average molecular weight is 712 g/mol. The first-order valence-corrected chi connectivity index (χ1v) is 20.6. The van der Waals surface area contributed by atoms with Crippen LogP contribution in [0.3, 0.4) is 0 Å². The molecular weight excluding hydrogens is 641 g/mol. The second kappa shape index (κ2) is 35.8. The third-order valence-electron chi connectivity index (χ3n) is 7.69. The van der Waals surface area contributed by atoms with Crippen LogP contribution in [-0.4, -0.2) is 49.3 Å². The summed E-state index contributed by atoms with van der Waals surface area (Å²) < 4.78 is 32.5. The molecule has 9 nitrogen and oxygen atoms in total. The van der Waals surface area contributed by atoms with Gasteiger partial charge in [-0.3, -0.25) is 18.6 Å². The van der Waals surface area contributed by atoms with Gasteiger partial charge in [-0.15, -0.1) is 0 Å². The van der Waals surface area contributed by atoms with E-state index in [0.29, 0.717) is 12.8 Å². The van der Waals surface area contributed by atoms with E-state index in [0.717, 1.165) is 64.2 Å². The number of nitrogens with two attached hydrogens (primary N) is 1. The molecule has 0 rings (SSSR count). The molecule has 0 aliphatic carbocycles. The molecule has 0 aromatic rings. The third-order valence-corrected chi connectivity index (χ3v) is 8.67. The molecule has 284 valence electrons. The quantitative estimate of drug-likeness (QED) is 0.0285. The lowest BCUT2D eigenvalue weighted by atomic mass is 10.1. The van der Waals surface area contributed by atoms with Gasteiger partial charge in [-0.25, -0.2) is 4.57 Å². The van der Waals surface area contributed by atoms with Gasteiger partial charge in [0.15, 0.2) is 6.10 Å². The van der Waals surface area contributed by atoms with Crippen LogP contribution in [0.2, 0.25) is 0 Å². The van der Waals surface area contributed by atoms with Crippen molar-refractivity contribution in [1.29, 1.82) is 0 Å². The maximum absolute atomic E-state index is 12.5. The van der Waals surface area contributed by atoms with Gasteiger partial charge in [0, 0.05) is 19.4 Å². The fourth-order valence-corrected chi connectivity index (χ4v) is 5.57. The van der Waals surface area contributed by atoms with E-state index < -0.39 is 32.5 Å². The third kappa shape index (κ3) is 35.6. The van der Waals surface area contributed by atoms with Gasteiger partial charge in [-0.2, -0.15) is 0 Å². The number of phosphoric acid groups is 1. The molecule has 2 unspecified atom stereocenters. The van der Waals surface area contributed by atoms with Crippen molar-refractivity contribution in [3.8, 4) is 0 Å². The maximum atomic E-state index is 12.5. The normalized spacial score (nSPS) is 14.0. The van der Waals surface area contributed by atoms with Gasteiger partial charge in [0.1, 0.15) is 6.61 Å². The first-order valence-electron chi connectivity index (χ1n) is 19.1. The van der Waals surface area contributed by atoms with Gasteiger partial charge in [0.05, 0.1) is 13.2 Å². The Morgan fingerprint density at radius 2 is 1.10 bits per heavy atom. The highest BCUT2D eigenvalue weighted by molar-refractivity contribution is 7.47. The Kier molecular flexibility index (Phi) is 34.3. The van der Waals surface area contributed by atoms with Gasteiger partial charge >= 0.3 is 19.8 Å². The Hall–Kier alpha value is -2.03. The number of allylic oxidation sites excluding steroid dienone is 8. The molecule has 0 bridgehead atoms. The zero-order valence-electron chi connectivity index (χ0n) is 30.9. The lowest BCUT2D eigenvalue weighted by Gasteiger charge is -2.19. The summed E-state index contributed by atoms with van der Waals surface area (Å²) in [5.74, 6) is -0.906. The number of rotatable bonds is 35. The first kappa shape index (κ1) is 47.0. The van der Waals surface area contributed by atoms with E-state index in [-0.39, 0.29) is 32.6 Å². The standard InChI is InChI=1S/C39H70NO8P/c1-3-5-7-9-11-13-15-16-17-18-19-20-22-23-25-27-29-31-38(41)45-35-37(36-47-49(43,44)46-34-33-40)48-39(42)32-30-28-26-24-21-14-12-10-8-6-4-2/h10,12,16-17,19-20,23,25,37H,3-9,11,13-15,18,21-22,24,26-36,40H2,1-2H3,(H,43,44). The topological polar surface area (TPSA) is 134 Å². The van der Waals surface area contributed by atoms with E-state index >= 15 is 0 Å². The minimum Gasteiger partial charge on any atom is -0.462 e. The van der Waals surface area contributed by atoms with Crippen LogP contribution in [0.5, 0.6) is 0 Å². The van der Waals surface area contributed by atoms with E-state index in [2.05, 4.69) is 62.5 Å². The number of phosphoric ester groups is 1. The van der Waals surface area contributed by atoms with Crippen LogP contribution >= 0.6 is 7.82 Å². The van der Waals surface area contributed by atoms with E-state index in [1.54, 1.807) is 0 Å². The molecule has 0 aliphatic rings. The van der Waals surface area contributed by atoms with Crippen LogP contribution < -0.4 is 5.73 Å². The van der Waals surface area contributed by atoms with Gasteiger partial charge in [0.25, 0.3) is 0 Å². The van der Waals surface area contributed by atoms with Crippen molar-refractivity contribution in [2.45, 2.75) is 161 Å². The van der Waals surface area contributed by atoms with Crippen LogP contribution in [0.15, 0.2) is 48.6 Å². The number of carbonyl (C=O) groups is 2. The molecule has 10 heteroatoms. The van der Waals surface area contributed by atoms with Crippen molar-refractivity contribution in [3.63, 3.8) is 0 Å². The molecule has 0 radical (unpaired) electrons. The van der Waals surface area contributed by atoms with Gasteiger partial charge in [0.2, 0.25) is 0 Å². The number of carbonyl (C=O) groups excluding carboxylic acids is 2. The Bertz CT molecular complexity index is 949. The van der Waals surface area contributed by atoms with Crippen LogP contribution in [0.1, 0.15) is 155 Å². The maximum Gasteiger partial charge on any atom is 0.472 e. The molecule has 2 atom stereocenters. The molecule has 49 heavy (non-hydrogen) atoms. The Labute approximate surface area is 298 Å². The smallest absolute Gasteiger partial charge is 0.462 e. The minimum atomic E-state index is -4.38. The zero-order chi connectivity index (χ0) is 36.1. The molecule has 0 fully saturated rings. The highest BCUT2D eigenvalue weighted by atomic mass is 31.2. The number of unbranched alkanes of at least 4 members (excludes halogenated alkanes) is 14. The van der Waals surface area contributed by atoms with Gasteiger partial charge < -0.3 is 20.1 Å². The monoisotopic (exact) mass is 711 g/mol. The summed E-state index contributed by atoms with van der Waals surface area (Å²) in [6.45, 7) is 3.59. The van der Waals surface area contributed by atoms with Crippen LogP contribution in [0.4, 0.5) is 0 Å². The van der Waals surface area contributed by atoms with Crippen molar-refractivity contribution >= 4 is 19.8 Å². The highest BCUT2D eigenvalue weighted by Gasteiger charge is 2.25. The molecule has 0 aromatic heterocycles. The molecule has 0 saturated carbocycles. The number of hydrogen-bond donors (Lipinski definition) is 2. The number of ether oxygens (including phenoxy) is 2. The van der Waals surface area contributed by atoms with Crippen LogP contribution in [0.25, 0.3) is 0 Å². The predicted octanol–water partition coefficient (Wildman–Crippen LogP) is 10.4. The predicted molar refractivity (Wildman–Crippen MR) is 201 cm³/mol. The van der Waals surface area contributed by atoms with Crippen molar-refractivity contribution in [2.75, 3.05) is 26.4 Å². The molecule has 0 aromatic carbocycles. The van der Waals surface area contributed by atoms with Crippen molar-refractivity contribution < 1.29 is 37.6 Å². The SMILES string of the molecule is CCCCC=CCCCCCCCC(=O)OC(COC(=O)CCCC=CCC=CCC=CCCCCCCCC)COP(=O)(O)OCCN. The summed E-state index contributed by atoms with van der Waals surface area (Å²) in [6, 6.07) is 0. The van der Waals surface area contributed by atoms with E-state index in [1.807, 2.05) is 0 Å². The fraction of sp³-hybridized carbons (Fsp3) is 0.744. The van der Waals surface area contributed by atoms with Crippen LogP contribution in [0, 0.1) is 0 Å². The van der Waals surface area contributed by atoms with Crippen molar-refractivity contribution in [2.24, 2.45) is 5.73 Å². The summed E-state index contributed by atoms with van der Waals surface area (Å²) in [5.41, 5.74) is 5.32. The summed E-state index contributed by atoms with van der Waals surface area (Å²) in [5, 5.41) is 0. The Morgan fingerprint density at radius 1 is 0.612 bits per heavy atom. The molecular formula is C39H70NO8P. The van der Waals surface area contributed by atoms with E-state index in [1.165, 1.54) is 51.4 Å². The van der Waals surface area contributed by atoms with Crippen LogP contribution in [-0.2, 0) is 32.7 Å². The first-order chi connectivity index (χ1) is 23.8. The second-order valence-corrected chi connectivity index (χ2v) is 13.9. The van der Waals surface area contributed by atoms with E-state index in [9.17, 15) is 19.0 Å². The summed E-state index contributed by atoms with van der Waals surface area (Å²) >= 11 is 0. The average Bonchev–Trinajstić information content (AvgIpc) is 3.08. The largest absolute Gasteiger partial charge is 0.472 e. The Morgan fingerprint density at radius 3 is 1.71 bits per heavy atom. The molecule has 0 spiro atoms. The summed E-state index contributed by atoms with van der Waals surface area (Å²) in [7, 11) is -4.38. The van der Waals surface area contributed by atoms with E-state index in [4.69, 9.17) is 24.3 Å². The van der Waals surface area contributed by atoms with Gasteiger partial charge in [-0.1, -0.05) is 127 Å². The molecule has 3 N–H and O–H groups in total. The molecule has 0 saturated heterocycles. The lowest BCUT2D eigenvalue weighted by molar-refractivity contribution is -0.161. The number of hydrogen-bond acceptors (Lipinski definition) is 8. The molecule has 0 heterocycles. The zero-order valence-corrected chi connectivity index (χ0v) is 31.8. The molecule has 0 aliphatic heterocycles. The van der Waals surface area contributed by atoms with Crippen molar-refractivity contribution in [3.05, 3.63) is 48.6 Å². The Balaban J connectivity index is 4.31. The summed E-state index contributed by atoms with van der Waals surface area (Å²) in [6.07, 6.45) is 38.7. The lowest BCUT2D eigenvalue weighted by Crippen LogP contribution is -2.29. The van der Waals surface area contributed by atoms with Gasteiger partial charge in [-0.05, 0) is 64.2 Å². The highest BCUT2D eigenvalue weighted by Crippen LogP contribution is 2.43. The fourth-order valence-electron chi connectivity index (χ4n) is 4.81. The summed E-state index contributed by atoms with van der Waals surface area (Å²) in [4.78, 5) is 34.6. The van der Waals surface area contributed by atoms with Crippen molar-refractivity contribution in [1.82, 2.24) is 0 Å².